The minimum atomic E-state index is -3.65. The number of sulfonamides is 1. The first-order chi connectivity index (χ1) is 14.4. The number of nitrogens with one attached hydrogen (secondary N) is 1. The molecule has 1 amide bonds. The van der Waals surface area contributed by atoms with Crippen molar-refractivity contribution in [1.29, 1.82) is 0 Å². The summed E-state index contributed by atoms with van der Waals surface area (Å²) in [6.45, 7) is 3.30. The molecule has 162 valence electrons. The number of hydrogen-bond acceptors (Lipinski definition) is 4. The van der Waals surface area contributed by atoms with Crippen molar-refractivity contribution in [1.82, 2.24) is 4.31 Å². The molecule has 0 spiro atoms. The van der Waals surface area contributed by atoms with Crippen molar-refractivity contribution >= 4 is 21.6 Å². The average Bonchev–Trinajstić information content (AvgIpc) is 2.74. The Morgan fingerprint density at radius 1 is 1.17 bits per heavy atom. The van der Waals surface area contributed by atoms with Gasteiger partial charge in [0.2, 0.25) is 15.9 Å². The Bertz CT molecular complexity index is 946. The highest BCUT2D eigenvalue weighted by Gasteiger charge is 2.30. The maximum absolute atomic E-state index is 13.1. The smallest absolute Gasteiger partial charge is 0.243 e. The lowest BCUT2D eigenvalue weighted by atomic mass is 9.94. The van der Waals surface area contributed by atoms with Crippen LogP contribution in [0.2, 0.25) is 0 Å². The fraction of sp³-hybridized carbons (Fsp3) is 0.409. The highest BCUT2D eigenvalue weighted by atomic mass is 32.2. The van der Waals surface area contributed by atoms with Gasteiger partial charge in [-0.3, -0.25) is 4.79 Å². The molecule has 0 aromatic heterocycles. The summed E-state index contributed by atoms with van der Waals surface area (Å²) in [5, 5.41) is 2.86. The molecule has 2 aromatic carbocycles. The lowest BCUT2D eigenvalue weighted by molar-refractivity contribution is -0.116. The van der Waals surface area contributed by atoms with Crippen LogP contribution in [0, 0.1) is 11.7 Å². The molecule has 6 nitrogen and oxygen atoms in total. The zero-order chi connectivity index (χ0) is 21.6. The number of carbonyl (C=O) groups excluding carboxylic acids is 1. The first kappa shape index (κ1) is 22.2. The van der Waals surface area contributed by atoms with Gasteiger partial charge in [-0.1, -0.05) is 0 Å². The lowest BCUT2D eigenvalue weighted by Gasteiger charge is -2.32. The number of piperidine rings is 1. The highest BCUT2D eigenvalue weighted by molar-refractivity contribution is 7.89. The van der Waals surface area contributed by atoms with Crippen LogP contribution in [0.15, 0.2) is 53.4 Å². The maximum Gasteiger partial charge on any atom is 0.243 e. The van der Waals surface area contributed by atoms with Crippen molar-refractivity contribution in [3.05, 3.63) is 54.3 Å². The summed E-state index contributed by atoms with van der Waals surface area (Å²) in [5.74, 6) is 0.293. The van der Waals surface area contributed by atoms with Gasteiger partial charge in [0, 0.05) is 25.2 Å². The zero-order valence-corrected chi connectivity index (χ0v) is 17.8. The van der Waals surface area contributed by atoms with Crippen LogP contribution >= 0.6 is 0 Å². The Labute approximate surface area is 177 Å². The van der Waals surface area contributed by atoms with Crippen LogP contribution in [0.4, 0.5) is 10.1 Å². The standard InChI is InChI=1S/C22H27FN2O4S/c1-2-29-20-10-8-19(9-11-20)24-22(26)14-5-17-4-3-15-25(16-17)30(27,28)21-12-6-18(23)7-13-21/h6-13,17H,2-5,14-16H2,1H3,(H,24,26). The number of anilines is 1. The molecule has 0 bridgehead atoms. The van der Waals surface area contributed by atoms with Gasteiger partial charge in [0.05, 0.1) is 11.5 Å². The van der Waals surface area contributed by atoms with E-state index in [0.717, 1.165) is 30.7 Å². The molecule has 0 aliphatic carbocycles. The second kappa shape index (κ2) is 10.0. The molecule has 1 aliphatic heterocycles. The number of ether oxygens (including phenoxy) is 1. The fourth-order valence-electron chi connectivity index (χ4n) is 3.60. The second-order valence-corrected chi connectivity index (χ2v) is 9.31. The molecule has 1 unspecified atom stereocenters. The molecular weight excluding hydrogens is 407 g/mol. The van der Waals surface area contributed by atoms with Gasteiger partial charge in [-0.15, -0.1) is 0 Å². The Hall–Kier alpha value is -2.45. The number of rotatable bonds is 8. The normalized spacial score (nSPS) is 17.5. The molecule has 1 atom stereocenters. The van der Waals surface area contributed by atoms with E-state index in [1.807, 2.05) is 6.92 Å². The van der Waals surface area contributed by atoms with Crippen molar-refractivity contribution in [2.24, 2.45) is 5.92 Å². The van der Waals surface area contributed by atoms with Gasteiger partial charge in [0.1, 0.15) is 11.6 Å². The molecule has 30 heavy (non-hydrogen) atoms. The van der Waals surface area contributed by atoms with Crippen molar-refractivity contribution in [2.45, 2.75) is 37.5 Å². The summed E-state index contributed by atoms with van der Waals surface area (Å²) >= 11 is 0. The predicted octanol–water partition coefficient (Wildman–Crippen LogP) is 4.04. The summed E-state index contributed by atoms with van der Waals surface area (Å²) in [5.41, 5.74) is 0.701. The molecule has 2 aromatic rings. The van der Waals surface area contributed by atoms with Crippen LogP contribution in [-0.2, 0) is 14.8 Å². The molecule has 0 radical (unpaired) electrons. The second-order valence-electron chi connectivity index (χ2n) is 7.37. The Morgan fingerprint density at radius 3 is 2.53 bits per heavy atom. The van der Waals surface area contributed by atoms with Crippen molar-refractivity contribution in [3.63, 3.8) is 0 Å². The first-order valence-corrected chi connectivity index (χ1v) is 11.6. The van der Waals surface area contributed by atoms with E-state index in [-0.39, 0.29) is 16.7 Å². The molecule has 0 saturated carbocycles. The van der Waals surface area contributed by atoms with E-state index in [0.29, 0.717) is 38.2 Å². The van der Waals surface area contributed by atoms with Crippen LogP contribution < -0.4 is 10.1 Å². The third-order valence-electron chi connectivity index (χ3n) is 5.16. The van der Waals surface area contributed by atoms with Gasteiger partial charge in [0.15, 0.2) is 0 Å². The quantitative estimate of drug-likeness (QED) is 0.680. The largest absolute Gasteiger partial charge is 0.494 e. The Kier molecular flexibility index (Phi) is 7.44. The van der Waals surface area contributed by atoms with Crippen LogP contribution in [0.1, 0.15) is 32.6 Å². The average molecular weight is 435 g/mol. The van der Waals surface area contributed by atoms with Crippen LogP contribution in [0.25, 0.3) is 0 Å². The summed E-state index contributed by atoms with van der Waals surface area (Å²) < 4.78 is 45.6. The van der Waals surface area contributed by atoms with Gasteiger partial charge in [0.25, 0.3) is 0 Å². The van der Waals surface area contributed by atoms with E-state index < -0.39 is 15.8 Å². The van der Waals surface area contributed by atoms with Gasteiger partial charge in [-0.2, -0.15) is 4.31 Å². The molecule has 1 aliphatic rings. The number of carbonyl (C=O) groups is 1. The van der Waals surface area contributed by atoms with Gasteiger partial charge in [-0.05, 0) is 80.6 Å². The van der Waals surface area contributed by atoms with E-state index in [4.69, 9.17) is 4.74 Å². The van der Waals surface area contributed by atoms with E-state index >= 15 is 0 Å². The molecule has 1 N–H and O–H groups in total. The van der Waals surface area contributed by atoms with Crippen molar-refractivity contribution < 1.29 is 22.3 Å². The topological polar surface area (TPSA) is 75.7 Å². The number of nitrogens with zero attached hydrogens (tertiary/aromatic N) is 1. The number of hydrogen-bond donors (Lipinski definition) is 1. The van der Waals surface area contributed by atoms with Crippen LogP contribution in [0.5, 0.6) is 5.75 Å². The van der Waals surface area contributed by atoms with Crippen LogP contribution in [0.3, 0.4) is 0 Å². The minimum Gasteiger partial charge on any atom is -0.494 e. The Morgan fingerprint density at radius 2 is 1.87 bits per heavy atom. The summed E-state index contributed by atoms with van der Waals surface area (Å²) in [6, 6.07) is 12.1. The van der Waals surface area contributed by atoms with Crippen molar-refractivity contribution in [2.75, 3.05) is 25.0 Å². The fourth-order valence-corrected chi connectivity index (χ4v) is 5.15. The van der Waals surface area contributed by atoms with E-state index in [1.165, 1.54) is 16.4 Å². The first-order valence-electron chi connectivity index (χ1n) is 10.2. The third kappa shape index (κ3) is 5.79. The van der Waals surface area contributed by atoms with E-state index in [2.05, 4.69) is 5.32 Å². The van der Waals surface area contributed by atoms with Crippen molar-refractivity contribution in [3.8, 4) is 5.75 Å². The minimum absolute atomic E-state index is 0.0952. The Balaban J connectivity index is 1.52. The third-order valence-corrected chi connectivity index (χ3v) is 7.04. The van der Waals surface area contributed by atoms with Gasteiger partial charge < -0.3 is 10.1 Å². The molecule has 1 saturated heterocycles. The molecule has 1 heterocycles. The van der Waals surface area contributed by atoms with Gasteiger partial charge >= 0.3 is 0 Å². The highest BCUT2D eigenvalue weighted by Crippen LogP contribution is 2.26. The lowest BCUT2D eigenvalue weighted by Crippen LogP contribution is -2.40. The molecule has 8 heteroatoms. The molecule has 1 fully saturated rings. The summed E-state index contributed by atoms with van der Waals surface area (Å²) in [7, 11) is -3.65. The molecule has 3 rings (SSSR count). The summed E-state index contributed by atoms with van der Waals surface area (Å²) in [4.78, 5) is 12.4. The van der Waals surface area contributed by atoms with Gasteiger partial charge in [-0.25, -0.2) is 12.8 Å². The zero-order valence-electron chi connectivity index (χ0n) is 17.0. The van der Waals surface area contributed by atoms with Crippen LogP contribution in [-0.4, -0.2) is 38.3 Å². The van der Waals surface area contributed by atoms with E-state index in [1.54, 1.807) is 24.3 Å². The number of benzene rings is 2. The monoisotopic (exact) mass is 434 g/mol. The number of halogens is 1. The number of amides is 1. The molecular formula is C22H27FN2O4S. The SMILES string of the molecule is CCOc1ccc(NC(=O)CCC2CCCN(S(=O)(=O)c3ccc(F)cc3)C2)cc1. The predicted molar refractivity (Wildman–Crippen MR) is 113 cm³/mol. The maximum atomic E-state index is 13.1. The summed E-state index contributed by atoms with van der Waals surface area (Å²) in [6.07, 6.45) is 2.55. The van der Waals surface area contributed by atoms with E-state index in [9.17, 15) is 17.6 Å².